The number of carbonyl (C=O) groups excluding carboxylic acids is 1. The minimum Gasteiger partial charge on any atom is -0.342 e. The fourth-order valence-electron chi connectivity index (χ4n) is 13.2. The molecule has 0 aliphatic carbocycles. The smallest absolute Gasteiger partial charge is 0.223 e. The molecule has 1 amide bonds. The summed E-state index contributed by atoms with van der Waals surface area (Å²) in [7, 11) is 0. The number of nitrogens with zero attached hydrogens (tertiary/aromatic N) is 6. The number of benzene rings is 1. The number of hydrogen-bond acceptors (Lipinski definition) is 6. The van der Waals surface area contributed by atoms with E-state index in [0.717, 1.165) is 81.9 Å². The van der Waals surface area contributed by atoms with E-state index < -0.39 is 0 Å². The standard InChI is InChI=1S/C18H30.C17H29N.C16H27N.C15H26N2.C15H29NO.C15H31N/c1-17(2,3)13-7-8-15-9-11-16(12-10-15)14-18(4,5)6;1-16(2,3)12-8-11-14-9-7-10-15(18-14)13-17(4,5)6;1-15(2,3)11-10-13-8-7-9-14(17-13)12-16(4,5)6;1-14(2,3)9-7-13-16-10-8-12(17-13)11-15(4,5)6;1-14(2,3)9-12-7-8-16(11-12)13(17)10-15(4,5)6;1-14(2,3)8-10-16-9-7-13(12-16)11-15(4,5)6/h9-12H,7-8,13-14H2,1-6H3;7,9-10H,8,11-13H2,1-6H3;7-9H,10-12H2,1-6H3;8,10H,7,9,11H2,1-6H3;12H,7-11H2,1-6H3;13H,7-12H2,1-6H3. The SMILES string of the molecule is CC(C)(C)CC(=O)N1CCC(CC(C)(C)C)C1.CC(C)(C)CCCc1ccc(CC(C)(C)C)cc1.CC(C)(C)CCCc1cccc(CC(C)(C)C)n1.CC(C)(C)CCN1CCC(CC(C)(C)C)C1.CC(C)(C)CCc1cccc(CC(C)(C)C)n1.CC(C)(C)CCc1nccc(CC(C)(C)C)n1. The molecule has 7 heteroatoms. The highest BCUT2D eigenvalue weighted by atomic mass is 16.2. The van der Waals surface area contributed by atoms with E-state index in [1.807, 2.05) is 12.3 Å². The van der Waals surface area contributed by atoms with Crippen molar-refractivity contribution in [2.45, 2.75) is 378 Å². The van der Waals surface area contributed by atoms with Crippen molar-refractivity contribution in [3.63, 3.8) is 0 Å². The predicted molar refractivity (Wildman–Crippen MR) is 455 cm³/mol. The van der Waals surface area contributed by atoms with Gasteiger partial charge in [0, 0.05) is 67.1 Å². The number of hydrogen-bond donors (Lipinski definition) is 0. The van der Waals surface area contributed by atoms with Gasteiger partial charge in [-0.25, -0.2) is 9.97 Å². The average Bonchev–Trinajstić information content (AvgIpc) is 1.83. The summed E-state index contributed by atoms with van der Waals surface area (Å²) in [5.41, 5.74) is 13.5. The number of pyridine rings is 2. The summed E-state index contributed by atoms with van der Waals surface area (Å²) < 4.78 is 0. The average molecular weight is 1430 g/mol. The Balaban J connectivity index is 0.000000618. The number of aryl methyl sites for hydroxylation is 4. The van der Waals surface area contributed by atoms with Gasteiger partial charge in [0.25, 0.3) is 0 Å². The molecule has 0 spiro atoms. The van der Waals surface area contributed by atoms with Crippen molar-refractivity contribution >= 4 is 5.91 Å². The van der Waals surface area contributed by atoms with Crippen molar-refractivity contribution in [1.29, 1.82) is 0 Å². The second-order valence-electron chi connectivity index (χ2n) is 46.4. The molecule has 5 heterocycles. The van der Waals surface area contributed by atoms with Crippen molar-refractivity contribution in [2.24, 2.45) is 76.8 Å². The van der Waals surface area contributed by atoms with Gasteiger partial charge >= 0.3 is 0 Å². The highest BCUT2D eigenvalue weighted by molar-refractivity contribution is 5.77. The van der Waals surface area contributed by atoms with Gasteiger partial charge < -0.3 is 9.80 Å². The van der Waals surface area contributed by atoms with E-state index >= 15 is 0 Å². The number of rotatable bonds is 19. The van der Waals surface area contributed by atoms with Crippen LogP contribution in [0, 0.1) is 76.8 Å². The Morgan fingerprint density at radius 1 is 0.350 bits per heavy atom. The van der Waals surface area contributed by atoms with Gasteiger partial charge in [0.2, 0.25) is 5.91 Å². The first-order valence-corrected chi connectivity index (χ1v) is 41.1. The summed E-state index contributed by atoms with van der Waals surface area (Å²) in [6.45, 7) is 88.0. The van der Waals surface area contributed by atoms with Gasteiger partial charge in [-0.3, -0.25) is 14.8 Å². The lowest BCUT2D eigenvalue weighted by atomic mass is 9.84. The Morgan fingerprint density at radius 3 is 1.15 bits per heavy atom. The lowest BCUT2D eigenvalue weighted by Gasteiger charge is -2.25. The molecule has 2 atom stereocenters. The van der Waals surface area contributed by atoms with Crippen LogP contribution in [0.2, 0.25) is 0 Å². The fraction of sp³-hybridized carbons (Fsp3) is 0.781. The number of likely N-dealkylation sites (tertiary alicyclic amines) is 2. The van der Waals surface area contributed by atoms with Crippen molar-refractivity contribution in [1.82, 2.24) is 29.7 Å². The summed E-state index contributed by atoms with van der Waals surface area (Å²) in [5, 5.41) is 0. The van der Waals surface area contributed by atoms with Gasteiger partial charge in [0.05, 0.1) is 0 Å². The van der Waals surface area contributed by atoms with E-state index in [9.17, 15) is 4.79 Å². The monoisotopic (exact) mass is 1430 g/mol. The predicted octanol–water partition coefficient (Wildman–Crippen LogP) is 27.3. The minimum atomic E-state index is 0.110. The maximum Gasteiger partial charge on any atom is 0.223 e. The van der Waals surface area contributed by atoms with Crippen LogP contribution < -0.4 is 0 Å². The maximum atomic E-state index is 12.1. The third-order valence-corrected chi connectivity index (χ3v) is 18.0. The van der Waals surface area contributed by atoms with Crippen molar-refractivity contribution in [3.8, 4) is 0 Å². The molecule has 4 aromatic rings. The molecule has 7 nitrogen and oxygen atoms in total. The quantitative estimate of drug-likeness (QED) is 0.0931. The van der Waals surface area contributed by atoms with Gasteiger partial charge in [-0.1, -0.05) is 286 Å². The molecule has 103 heavy (non-hydrogen) atoms. The second-order valence-corrected chi connectivity index (χ2v) is 46.4. The Hall–Kier alpha value is -3.97. The zero-order valence-corrected chi connectivity index (χ0v) is 75.4. The molecule has 0 saturated carbocycles. The van der Waals surface area contributed by atoms with Crippen LogP contribution in [0.25, 0.3) is 0 Å². The topological polar surface area (TPSA) is 75.1 Å². The number of amides is 1. The maximum absolute atomic E-state index is 12.1. The van der Waals surface area contributed by atoms with E-state index in [-0.39, 0.29) is 10.8 Å². The highest BCUT2D eigenvalue weighted by Crippen LogP contribution is 2.35. The van der Waals surface area contributed by atoms with Gasteiger partial charge in [-0.15, -0.1) is 0 Å². The molecule has 1 aromatic carbocycles. The minimum absolute atomic E-state index is 0.110. The molecular formula is C96H172N6O. The molecule has 0 radical (unpaired) electrons. The number of carbonyl (C=O) groups is 1. The summed E-state index contributed by atoms with van der Waals surface area (Å²) in [4.78, 5) is 35.4. The zero-order chi connectivity index (χ0) is 79.5. The molecule has 2 fully saturated rings. The van der Waals surface area contributed by atoms with Crippen LogP contribution in [0.5, 0.6) is 0 Å². The van der Waals surface area contributed by atoms with Gasteiger partial charge in [-0.2, -0.15) is 0 Å². The van der Waals surface area contributed by atoms with E-state index in [4.69, 9.17) is 9.97 Å². The first-order chi connectivity index (χ1) is 46.4. The Labute approximate surface area is 642 Å². The highest BCUT2D eigenvalue weighted by Gasteiger charge is 2.32. The van der Waals surface area contributed by atoms with Crippen LogP contribution in [0.15, 0.2) is 72.9 Å². The zero-order valence-electron chi connectivity index (χ0n) is 75.4. The normalized spacial score (nSPS) is 16.1. The van der Waals surface area contributed by atoms with E-state index in [0.29, 0.717) is 72.4 Å². The lowest BCUT2D eigenvalue weighted by Crippen LogP contribution is -2.32. The molecule has 6 rings (SSSR count). The fourth-order valence-corrected chi connectivity index (χ4v) is 13.2. The Kier molecular flexibility index (Phi) is 39.7. The van der Waals surface area contributed by atoms with Crippen LogP contribution in [0.1, 0.15) is 372 Å². The summed E-state index contributed by atoms with van der Waals surface area (Å²) in [6, 6.07) is 24.2. The Bertz CT molecular complexity index is 2860. The molecule has 592 valence electrons. The second kappa shape index (κ2) is 42.1. The molecule has 0 N–H and O–H groups in total. The first kappa shape index (κ1) is 97.0. The van der Waals surface area contributed by atoms with Crippen molar-refractivity contribution < 1.29 is 4.79 Å². The summed E-state index contributed by atoms with van der Waals surface area (Å²) >= 11 is 0. The van der Waals surface area contributed by atoms with Gasteiger partial charge in [0.1, 0.15) is 5.82 Å². The third-order valence-electron chi connectivity index (χ3n) is 18.0. The van der Waals surface area contributed by atoms with Crippen LogP contribution >= 0.6 is 0 Å². The third kappa shape index (κ3) is 57.8. The lowest BCUT2D eigenvalue weighted by molar-refractivity contribution is -0.132. The summed E-state index contributed by atoms with van der Waals surface area (Å²) in [6.07, 6.45) is 25.2. The van der Waals surface area contributed by atoms with Crippen molar-refractivity contribution in [3.05, 3.63) is 118 Å². The van der Waals surface area contributed by atoms with Gasteiger partial charge in [0.15, 0.2) is 0 Å². The molecule has 2 aliphatic rings. The summed E-state index contributed by atoms with van der Waals surface area (Å²) in [5.74, 6) is 2.98. The first-order valence-electron chi connectivity index (χ1n) is 41.1. The van der Waals surface area contributed by atoms with Crippen molar-refractivity contribution in [2.75, 3.05) is 32.7 Å². The molecular weight excluding hydrogens is 1250 g/mol. The van der Waals surface area contributed by atoms with E-state index in [1.54, 1.807) is 0 Å². The molecule has 2 saturated heterocycles. The molecule has 0 bridgehead atoms. The van der Waals surface area contributed by atoms with E-state index in [1.165, 1.54) is 124 Å². The number of aromatic nitrogens is 4. The van der Waals surface area contributed by atoms with E-state index in [2.05, 4.69) is 330 Å². The van der Waals surface area contributed by atoms with Gasteiger partial charge in [-0.05, 0) is 247 Å². The molecule has 2 unspecified atom stereocenters. The van der Waals surface area contributed by atoms with Crippen LogP contribution in [0.3, 0.4) is 0 Å². The van der Waals surface area contributed by atoms with Crippen LogP contribution in [-0.2, 0) is 56.2 Å². The largest absolute Gasteiger partial charge is 0.342 e. The van der Waals surface area contributed by atoms with Crippen LogP contribution in [-0.4, -0.2) is 68.4 Å². The molecule has 2 aliphatic heterocycles. The molecule has 3 aromatic heterocycles. The van der Waals surface area contributed by atoms with Crippen LogP contribution in [0.4, 0.5) is 0 Å². The Morgan fingerprint density at radius 2 is 0.728 bits per heavy atom.